The van der Waals surface area contributed by atoms with E-state index < -0.39 is 5.97 Å². The lowest BCUT2D eigenvalue weighted by molar-refractivity contribution is 0.0605. The summed E-state index contributed by atoms with van der Waals surface area (Å²) in [6.45, 7) is 1.82. The highest BCUT2D eigenvalue weighted by atomic mass is 32.1. The van der Waals surface area contributed by atoms with Crippen molar-refractivity contribution in [1.82, 2.24) is 15.0 Å². The predicted octanol–water partition coefficient (Wildman–Crippen LogP) is 4.81. The van der Waals surface area contributed by atoms with Crippen LogP contribution in [0.4, 0.5) is 0 Å². The van der Waals surface area contributed by atoms with Crippen molar-refractivity contribution in [1.29, 1.82) is 0 Å². The summed E-state index contributed by atoms with van der Waals surface area (Å²) in [5.74, 6) is -0.581. The molecule has 0 aliphatic rings. The second-order valence-electron chi connectivity index (χ2n) is 6.11. The van der Waals surface area contributed by atoms with Gasteiger partial charge in [-0.3, -0.25) is 9.78 Å². The normalized spacial score (nSPS) is 11.2. The number of thiazole rings is 1. The number of rotatable bonds is 5. The number of hydrogen-bond acceptors (Lipinski definition) is 8. The van der Waals surface area contributed by atoms with Gasteiger partial charge < -0.3 is 4.74 Å². The maximum atomic E-state index is 12.6. The molecule has 0 atom stereocenters. The molecule has 0 aliphatic heterocycles. The van der Waals surface area contributed by atoms with E-state index in [-0.39, 0.29) is 5.78 Å². The third kappa shape index (κ3) is 3.85. The average Bonchev–Trinajstić information content (AvgIpc) is 3.37. The fourth-order valence-electron chi connectivity index (χ4n) is 2.75. The Morgan fingerprint density at radius 1 is 1.21 bits per heavy atom. The predicted molar refractivity (Wildman–Crippen MR) is 114 cm³/mol. The zero-order valence-corrected chi connectivity index (χ0v) is 17.2. The maximum absolute atomic E-state index is 12.6. The van der Waals surface area contributed by atoms with Gasteiger partial charge in [0.25, 0.3) is 0 Å². The van der Waals surface area contributed by atoms with Gasteiger partial charge in [0.2, 0.25) is 0 Å². The summed E-state index contributed by atoms with van der Waals surface area (Å²) >= 11 is 2.73. The second kappa shape index (κ2) is 8.02. The van der Waals surface area contributed by atoms with Gasteiger partial charge in [-0.25, -0.2) is 14.8 Å². The lowest BCUT2D eigenvalue weighted by Gasteiger charge is -1.98. The van der Waals surface area contributed by atoms with Gasteiger partial charge >= 0.3 is 5.97 Å². The van der Waals surface area contributed by atoms with Gasteiger partial charge in [-0.05, 0) is 42.8 Å². The Labute approximate surface area is 174 Å². The first-order valence-corrected chi connectivity index (χ1v) is 10.3. The minimum Gasteiger partial charge on any atom is -0.465 e. The third-order valence-corrected chi connectivity index (χ3v) is 6.34. The van der Waals surface area contributed by atoms with Crippen LogP contribution in [-0.2, 0) is 4.74 Å². The van der Waals surface area contributed by atoms with Gasteiger partial charge in [0.15, 0.2) is 5.78 Å². The number of aromatic nitrogens is 3. The lowest BCUT2D eigenvalue weighted by Crippen LogP contribution is -1.99. The van der Waals surface area contributed by atoms with Crippen molar-refractivity contribution in [3.05, 3.63) is 69.8 Å². The fraction of sp³-hybridized carbons (Fsp3) is 0.0952. The number of methoxy groups -OCH3 is 1. The number of ether oxygens (including phenoxy) is 1. The van der Waals surface area contributed by atoms with Gasteiger partial charge in [0.05, 0.1) is 18.5 Å². The van der Waals surface area contributed by atoms with Crippen molar-refractivity contribution in [2.24, 2.45) is 0 Å². The molecule has 0 bridgehead atoms. The van der Waals surface area contributed by atoms with Crippen LogP contribution in [0.1, 0.15) is 31.3 Å². The molecule has 0 unspecified atom stereocenters. The largest absolute Gasteiger partial charge is 0.465 e. The molecule has 0 aliphatic carbocycles. The van der Waals surface area contributed by atoms with Crippen LogP contribution in [0.15, 0.2) is 48.1 Å². The number of hydrogen-bond donors (Lipinski definition) is 0. The van der Waals surface area contributed by atoms with Crippen LogP contribution in [0.2, 0.25) is 0 Å². The van der Waals surface area contributed by atoms with Crippen molar-refractivity contribution in [3.8, 4) is 10.7 Å². The van der Waals surface area contributed by atoms with Gasteiger partial charge in [0, 0.05) is 28.7 Å². The van der Waals surface area contributed by atoms with Crippen molar-refractivity contribution in [2.75, 3.05) is 7.11 Å². The highest BCUT2D eigenvalue weighted by Crippen LogP contribution is 2.30. The number of carbonyl (C=O) groups excluding carboxylic acids is 2. The number of aryl methyl sites for hydroxylation is 1. The Morgan fingerprint density at radius 2 is 2.07 bits per heavy atom. The molecule has 0 radical (unpaired) electrons. The molecule has 0 N–H and O–H groups in total. The van der Waals surface area contributed by atoms with Crippen LogP contribution in [0.3, 0.4) is 0 Å². The molecule has 29 heavy (non-hydrogen) atoms. The molecule has 0 aromatic carbocycles. The highest BCUT2D eigenvalue weighted by molar-refractivity contribution is 7.20. The third-order valence-electron chi connectivity index (χ3n) is 4.26. The first-order valence-electron chi connectivity index (χ1n) is 8.63. The molecule has 4 aromatic heterocycles. The Hall–Kier alpha value is -3.23. The fourth-order valence-corrected chi connectivity index (χ4v) is 4.56. The number of fused-ring (bicyclic) bond motifs is 1. The highest BCUT2D eigenvalue weighted by Gasteiger charge is 2.17. The molecule has 8 heteroatoms. The zero-order valence-electron chi connectivity index (χ0n) is 15.6. The Bertz CT molecular complexity index is 1240. The Kier molecular flexibility index (Phi) is 5.28. The van der Waals surface area contributed by atoms with Crippen LogP contribution in [0.25, 0.3) is 27.0 Å². The number of pyridine rings is 2. The van der Waals surface area contributed by atoms with E-state index in [0.29, 0.717) is 21.0 Å². The molecule has 6 nitrogen and oxygen atoms in total. The van der Waals surface area contributed by atoms with Crippen LogP contribution < -0.4 is 0 Å². The first-order chi connectivity index (χ1) is 14.1. The molecule has 0 saturated heterocycles. The van der Waals surface area contributed by atoms with Gasteiger partial charge in [-0.2, -0.15) is 0 Å². The van der Waals surface area contributed by atoms with Crippen LogP contribution >= 0.6 is 22.7 Å². The van der Waals surface area contributed by atoms with E-state index in [1.54, 1.807) is 18.3 Å². The minimum absolute atomic E-state index is 0.183. The van der Waals surface area contributed by atoms with E-state index in [2.05, 4.69) is 15.0 Å². The molecule has 0 spiro atoms. The molecular formula is C21H15N3O3S2. The van der Waals surface area contributed by atoms with Gasteiger partial charge in [-0.15, -0.1) is 22.7 Å². The van der Waals surface area contributed by atoms with Gasteiger partial charge in [0.1, 0.15) is 14.7 Å². The summed E-state index contributed by atoms with van der Waals surface area (Å²) < 4.78 is 4.80. The first kappa shape index (κ1) is 19.1. The molecule has 4 aromatic rings. The Balaban J connectivity index is 1.57. The standard InChI is InChI=1S/C21H15N3O3S2/c1-12-15-9-13(10-23-19(15)29-18(12)21(26)27-2)17(25)7-6-14-11-28-20(24-14)16-5-3-4-8-22-16/h3-11H,1-2H3. The van der Waals surface area contributed by atoms with Crippen molar-refractivity contribution in [3.63, 3.8) is 0 Å². The quantitative estimate of drug-likeness (QED) is 0.261. The summed E-state index contributed by atoms with van der Waals surface area (Å²) in [6, 6.07) is 7.41. The summed E-state index contributed by atoms with van der Waals surface area (Å²) in [5, 5.41) is 3.45. The molecule has 0 saturated carbocycles. The summed E-state index contributed by atoms with van der Waals surface area (Å²) in [4.78, 5) is 38.8. The monoisotopic (exact) mass is 421 g/mol. The van der Waals surface area contributed by atoms with Crippen LogP contribution in [0, 0.1) is 6.92 Å². The molecule has 4 rings (SSSR count). The van der Waals surface area contributed by atoms with E-state index >= 15 is 0 Å². The van der Waals surface area contributed by atoms with E-state index in [1.807, 2.05) is 30.5 Å². The van der Waals surface area contributed by atoms with Crippen molar-refractivity contribution >= 4 is 50.7 Å². The van der Waals surface area contributed by atoms with Crippen molar-refractivity contribution in [2.45, 2.75) is 6.92 Å². The second-order valence-corrected chi connectivity index (χ2v) is 7.97. The molecule has 4 heterocycles. The number of nitrogens with zero attached hydrogens (tertiary/aromatic N) is 3. The average molecular weight is 422 g/mol. The summed E-state index contributed by atoms with van der Waals surface area (Å²) in [6.07, 6.45) is 6.39. The number of ketones is 1. The summed E-state index contributed by atoms with van der Waals surface area (Å²) in [5.41, 5.74) is 2.71. The molecular weight excluding hydrogens is 406 g/mol. The molecule has 144 valence electrons. The number of thiophene rings is 1. The number of carbonyl (C=O) groups is 2. The van der Waals surface area contributed by atoms with Crippen molar-refractivity contribution < 1.29 is 14.3 Å². The van der Waals surface area contributed by atoms with E-state index in [9.17, 15) is 9.59 Å². The van der Waals surface area contributed by atoms with E-state index in [4.69, 9.17) is 4.74 Å². The van der Waals surface area contributed by atoms with E-state index in [0.717, 1.165) is 21.7 Å². The number of esters is 1. The maximum Gasteiger partial charge on any atom is 0.348 e. The van der Waals surface area contributed by atoms with Gasteiger partial charge in [-0.1, -0.05) is 6.07 Å². The molecule has 0 amide bonds. The SMILES string of the molecule is COC(=O)c1sc2ncc(C(=O)C=Cc3csc(-c4ccccn4)n3)cc2c1C. The minimum atomic E-state index is -0.398. The smallest absolute Gasteiger partial charge is 0.348 e. The summed E-state index contributed by atoms with van der Waals surface area (Å²) in [7, 11) is 1.34. The van der Waals surface area contributed by atoms with Crippen LogP contribution in [0.5, 0.6) is 0 Å². The lowest BCUT2D eigenvalue weighted by atomic mass is 10.1. The molecule has 0 fully saturated rings. The Morgan fingerprint density at radius 3 is 2.83 bits per heavy atom. The number of allylic oxidation sites excluding steroid dienone is 1. The van der Waals surface area contributed by atoms with E-state index in [1.165, 1.54) is 42.1 Å². The van der Waals surface area contributed by atoms with Crippen LogP contribution in [-0.4, -0.2) is 33.8 Å². The zero-order chi connectivity index (χ0) is 20.4. The topological polar surface area (TPSA) is 82.0 Å².